The van der Waals surface area contributed by atoms with E-state index < -0.39 is 5.97 Å². The average molecular weight is 525 g/mol. The van der Waals surface area contributed by atoms with Crippen LogP contribution in [0.15, 0.2) is 54.6 Å². The number of ketones is 2. The number of aromatic carboxylic acids is 1. The minimum atomic E-state index is -1.02. The highest BCUT2D eigenvalue weighted by molar-refractivity contribution is 6.32. The van der Waals surface area contributed by atoms with Crippen LogP contribution in [0, 0.1) is 0 Å². The highest BCUT2D eigenvalue weighted by Gasteiger charge is 2.36. The van der Waals surface area contributed by atoms with Crippen LogP contribution < -0.4 is 16.0 Å². The molecule has 4 N–H and O–H groups in total. The number of anilines is 4. The maximum atomic E-state index is 13.7. The van der Waals surface area contributed by atoms with Gasteiger partial charge in [-0.1, -0.05) is 43.5 Å². The topological polar surface area (TPSA) is 116 Å². The molecule has 3 aliphatic rings. The maximum Gasteiger partial charge on any atom is 0.335 e. The smallest absolute Gasteiger partial charge is 0.335 e. The van der Waals surface area contributed by atoms with E-state index in [0.717, 1.165) is 31.9 Å². The van der Waals surface area contributed by atoms with Gasteiger partial charge >= 0.3 is 5.97 Å². The lowest BCUT2D eigenvalue weighted by Gasteiger charge is -2.42. The monoisotopic (exact) mass is 524 g/mol. The van der Waals surface area contributed by atoms with E-state index >= 15 is 0 Å². The fourth-order valence-electron chi connectivity index (χ4n) is 6.29. The van der Waals surface area contributed by atoms with Gasteiger partial charge in [-0.2, -0.15) is 0 Å². The number of nitrogens with zero attached hydrogens (tertiary/aromatic N) is 2. The van der Waals surface area contributed by atoms with Gasteiger partial charge in [0, 0.05) is 49.0 Å². The number of rotatable bonds is 5. The van der Waals surface area contributed by atoms with Gasteiger partial charge in [-0.05, 0) is 43.2 Å². The van der Waals surface area contributed by atoms with Gasteiger partial charge in [0.05, 0.1) is 33.8 Å². The second-order valence-electron chi connectivity index (χ2n) is 10.6. The number of carbonyl (C=O) groups excluding carboxylic acids is 2. The summed E-state index contributed by atoms with van der Waals surface area (Å²) in [6, 6.07) is 15.7. The summed E-state index contributed by atoms with van der Waals surface area (Å²) < 4.78 is 0. The van der Waals surface area contributed by atoms with Crippen LogP contribution in [0.2, 0.25) is 0 Å². The van der Waals surface area contributed by atoms with E-state index in [-0.39, 0.29) is 28.3 Å². The zero-order valence-corrected chi connectivity index (χ0v) is 21.8. The summed E-state index contributed by atoms with van der Waals surface area (Å²) in [5, 5.41) is 12.6. The molecule has 3 aromatic carbocycles. The zero-order valence-electron chi connectivity index (χ0n) is 21.8. The number of hydrogen-bond donors (Lipinski definition) is 3. The van der Waals surface area contributed by atoms with Gasteiger partial charge in [0.15, 0.2) is 11.6 Å². The first-order valence-corrected chi connectivity index (χ1v) is 13.7. The fourth-order valence-corrected chi connectivity index (χ4v) is 6.29. The average Bonchev–Trinajstić information content (AvgIpc) is 2.97. The number of nitrogens with one attached hydrogen (secondary N) is 1. The minimum Gasteiger partial charge on any atom is -0.478 e. The van der Waals surface area contributed by atoms with E-state index in [4.69, 9.17) is 5.73 Å². The molecule has 1 heterocycles. The molecule has 39 heavy (non-hydrogen) atoms. The number of carboxylic acid groups (broad SMARTS) is 1. The summed E-state index contributed by atoms with van der Waals surface area (Å²) in [6.45, 7) is 3.42. The van der Waals surface area contributed by atoms with Crippen LogP contribution in [0.25, 0.3) is 0 Å². The second kappa shape index (κ2) is 10.2. The third-order valence-electron chi connectivity index (χ3n) is 8.37. The van der Waals surface area contributed by atoms with Crippen molar-refractivity contribution in [2.75, 3.05) is 42.1 Å². The van der Waals surface area contributed by atoms with Gasteiger partial charge in [0.2, 0.25) is 0 Å². The van der Waals surface area contributed by atoms with Crippen molar-refractivity contribution in [3.8, 4) is 0 Å². The lowest BCUT2D eigenvalue weighted by molar-refractivity contribution is 0.0696. The van der Waals surface area contributed by atoms with Crippen molar-refractivity contribution in [1.29, 1.82) is 0 Å². The zero-order chi connectivity index (χ0) is 27.1. The van der Waals surface area contributed by atoms with Gasteiger partial charge in [0.1, 0.15) is 0 Å². The van der Waals surface area contributed by atoms with Gasteiger partial charge < -0.3 is 21.1 Å². The summed E-state index contributed by atoms with van der Waals surface area (Å²) in [5.74, 6) is -1.53. The van der Waals surface area contributed by atoms with Crippen LogP contribution in [0.1, 0.15) is 74.3 Å². The van der Waals surface area contributed by atoms with E-state index in [9.17, 15) is 19.5 Å². The van der Waals surface area contributed by atoms with Crippen molar-refractivity contribution in [2.24, 2.45) is 0 Å². The molecule has 1 saturated carbocycles. The van der Waals surface area contributed by atoms with Crippen molar-refractivity contribution in [3.05, 3.63) is 82.4 Å². The first-order valence-electron chi connectivity index (χ1n) is 13.7. The summed E-state index contributed by atoms with van der Waals surface area (Å²) in [5.41, 5.74) is 10.2. The second-order valence-corrected chi connectivity index (χ2v) is 10.6. The van der Waals surface area contributed by atoms with E-state index in [2.05, 4.69) is 15.1 Å². The molecular formula is C31H32N4O4. The van der Waals surface area contributed by atoms with Gasteiger partial charge in [0.25, 0.3) is 0 Å². The Bertz CT molecular complexity index is 1450. The predicted molar refractivity (Wildman–Crippen MR) is 152 cm³/mol. The molecule has 0 spiro atoms. The molecule has 0 aromatic heterocycles. The van der Waals surface area contributed by atoms with Crippen molar-refractivity contribution >= 4 is 40.3 Å². The third-order valence-corrected chi connectivity index (χ3v) is 8.37. The molecule has 3 aromatic rings. The molecule has 1 aliphatic heterocycles. The summed E-state index contributed by atoms with van der Waals surface area (Å²) >= 11 is 0. The number of piperazine rings is 1. The number of nitrogens with two attached hydrogens (primary N) is 1. The molecule has 0 unspecified atom stereocenters. The Balaban J connectivity index is 1.38. The lowest BCUT2D eigenvalue weighted by atomic mass is 9.81. The number of carboxylic acids is 1. The van der Waals surface area contributed by atoms with Crippen LogP contribution in [0.3, 0.4) is 0 Å². The molecule has 8 nitrogen and oxygen atoms in total. The molecule has 2 fully saturated rings. The van der Waals surface area contributed by atoms with E-state index in [1.54, 1.807) is 36.4 Å². The van der Waals surface area contributed by atoms with Gasteiger partial charge in [-0.3, -0.25) is 14.5 Å². The van der Waals surface area contributed by atoms with Crippen molar-refractivity contribution in [3.63, 3.8) is 0 Å². The van der Waals surface area contributed by atoms with Gasteiger partial charge in [-0.25, -0.2) is 4.79 Å². The fraction of sp³-hybridized carbons (Fsp3) is 0.323. The number of nitrogen functional groups attached to an aromatic ring is 1. The highest BCUT2D eigenvalue weighted by Crippen LogP contribution is 2.42. The number of carbonyl (C=O) groups is 3. The van der Waals surface area contributed by atoms with E-state index in [0.29, 0.717) is 34.2 Å². The van der Waals surface area contributed by atoms with Crippen LogP contribution in [-0.4, -0.2) is 59.8 Å². The Labute approximate surface area is 227 Å². The lowest BCUT2D eigenvalue weighted by Crippen LogP contribution is -2.51. The predicted octanol–water partition coefficient (Wildman–Crippen LogP) is 4.94. The Morgan fingerprint density at radius 2 is 1.46 bits per heavy atom. The molecule has 2 aliphatic carbocycles. The molecule has 0 amide bonds. The van der Waals surface area contributed by atoms with Crippen molar-refractivity contribution < 1.29 is 19.5 Å². The summed E-state index contributed by atoms with van der Waals surface area (Å²) in [7, 11) is 0. The van der Waals surface area contributed by atoms with Crippen LogP contribution in [0.5, 0.6) is 0 Å². The molecule has 0 radical (unpaired) electrons. The van der Waals surface area contributed by atoms with E-state index in [1.807, 2.05) is 6.07 Å². The molecule has 0 atom stereocenters. The van der Waals surface area contributed by atoms with Crippen LogP contribution in [0.4, 0.5) is 22.7 Å². The summed E-state index contributed by atoms with van der Waals surface area (Å²) in [6.07, 6.45) is 6.43. The van der Waals surface area contributed by atoms with Crippen molar-refractivity contribution in [2.45, 2.75) is 38.1 Å². The first-order chi connectivity index (χ1) is 18.9. The van der Waals surface area contributed by atoms with Gasteiger partial charge in [-0.15, -0.1) is 0 Å². The Hall–Kier alpha value is -4.17. The molecule has 1 saturated heterocycles. The normalized spacial score (nSPS) is 18.0. The molecule has 0 bridgehead atoms. The number of hydrogen-bond acceptors (Lipinski definition) is 7. The molecule has 8 heteroatoms. The SMILES string of the molecule is Nc1c(N2CCN(C3CCCCC3)CC2)cc(Nc2ccc(C(=O)O)cc2)c2c1C(=O)c1ccccc1C2=O. The molecular weight excluding hydrogens is 492 g/mol. The highest BCUT2D eigenvalue weighted by atomic mass is 16.4. The van der Waals surface area contributed by atoms with Crippen molar-refractivity contribution in [1.82, 2.24) is 4.90 Å². The Morgan fingerprint density at radius 3 is 2.08 bits per heavy atom. The van der Waals surface area contributed by atoms with Crippen LogP contribution >= 0.6 is 0 Å². The Morgan fingerprint density at radius 1 is 0.846 bits per heavy atom. The van der Waals surface area contributed by atoms with E-state index in [1.165, 1.54) is 44.2 Å². The largest absolute Gasteiger partial charge is 0.478 e. The number of benzene rings is 3. The Kier molecular flexibility index (Phi) is 6.56. The quantitative estimate of drug-likeness (QED) is 0.315. The third kappa shape index (κ3) is 4.55. The van der Waals surface area contributed by atoms with Crippen LogP contribution in [-0.2, 0) is 0 Å². The summed E-state index contributed by atoms with van der Waals surface area (Å²) in [4.78, 5) is 43.6. The standard InChI is InChI=1S/C31H32N4O4/c32-28-25(35-16-14-34(15-17-35)21-6-2-1-3-7-21)18-24(33-20-12-10-19(11-13-20)31(38)39)26-27(28)30(37)23-9-5-4-8-22(23)29(26)36/h4-5,8-13,18,21,33H,1-3,6-7,14-17,32H2,(H,38,39). The molecule has 200 valence electrons. The maximum absolute atomic E-state index is 13.7. The minimum absolute atomic E-state index is 0.164. The molecule has 6 rings (SSSR count). The first kappa shape index (κ1) is 25.1. The number of fused-ring (bicyclic) bond motifs is 2.